The monoisotopic (exact) mass is 434 g/mol. The highest BCUT2D eigenvalue weighted by Gasteiger charge is 2.11. The van der Waals surface area contributed by atoms with Crippen LogP contribution in [0, 0.1) is 0 Å². The number of nitrogens with one attached hydrogen (secondary N) is 1. The van der Waals surface area contributed by atoms with Gasteiger partial charge in [-0.3, -0.25) is 0 Å². The first-order valence-electron chi connectivity index (χ1n) is 10.4. The van der Waals surface area contributed by atoms with Crippen LogP contribution >= 0.6 is 0 Å². The van der Waals surface area contributed by atoms with Gasteiger partial charge in [0.05, 0.1) is 24.0 Å². The fourth-order valence-corrected chi connectivity index (χ4v) is 3.76. The van der Waals surface area contributed by atoms with Crippen molar-refractivity contribution in [3.63, 3.8) is 0 Å². The Kier molecular flexibility index (Phi) is 5.20. The van der Waals surface area contributed by atoms with E-state index in [4.69, 9.17) is 21.2 Å². The summed E-state index contributed by atoms with van der Waals surface area (Å²) in [5.74, 6) is 1.44. The Hall–Kier alpha value is -4.65. The Morgan fingerprint density at radius 1 is 0.758 bits per heavy atom. The summed E-state index contributed by atoms with van der Waals surface area (Å²) >= 11 is 0. The van der Waals surface area contributed by atoms with Crippen molar-refractivity contribution in [1.29, 1.82) is 0 Å². The Morgan fingerprint density at radius 2 is 1.55 bits per heavy atom. The van der Waals surface area contributed by atoms with Crippen LogP contribution in [0.1, 0.15) is 0 Å². The normalized spacial score (nSPS) is 10.8. The third-order valence-electron chi connectivity index (χ3n) is 5.31. The molecule has 0 radical (unpaired) electrons. The van der Waals surface area contributed by atoms with Gasteiger partial charge in [-0.2, -0.15) is 4.98 Å². The molecule has 5 N–H and O–H groups in total. The van der Waals surface area contributed by atoms with Crippen molar-refractivity contribution < 1.29 is 4.74 Å². The van der Waals surface area contributed by atoms with Gasteiger partial charge in [-0.25, -0.2) is 9.97 Å². The van der Waals surface area contributed by atoms with Crippen LogP contribution < -0.4 is 21.5 Å². The van der Waals surface area contributed by atoms with Crippen molar-refractivity contribution >= 4 is 34.0 Å². The molecule has 7 heteroatoms. The molecule has 162 valence electrons. The number of hydrogen-bond donors (Lipinski definition) is 3. The molecule has 33 heavy (non-hydrogen) atoms. The van der Waals surface area contributed by atoms with Gasteiger partial charge >= 0.3 is 0 Å². The quantitative estimate of drug-likeness (QED) is 0.345. The van der Waals surface area contributed by atoms with E-state index < -0.39 is 0 Å². The standard InChI is InChI=1S/C26H22N6O/c1-33-24-10-6-5-9-18(24)23-15-25(32-26(28)31-23)29-17-11-12-21-19(13-17)20(27)14-22(30-21)16-7-3-2-4-8-16/h2-15H,1H3,(H2,27,30)(H3,28,29,31,32). The average Bonchev–Trinajstić information content (AvgIpc) is 2.84. The van der Waals surface area contributed by atoms with Gasteiger partial charge in [0.25, 0.3) is 0 Å². The lowest BCUT2D eigenvalue weighted by Crippen LogP contribution is -2.02. The van der Waals surface area contributed by atoms with E-state index in [9.17, 15) is 0 Å². The van der Waals surface area contributed by atoms with Crippen molar-refractivity contribution in [2.24, 2.45) is 0 Å². The number of methoxy groups -OCH3 is 1. The number of fused-ring (bicyclic) bond motifs is 1. The van der Waals surface area contributed by atoms with Gasteiger partial charge in [-0.1, -0.05) is 42.5 Å². The first-order valence-corrected chi connectivity index (χ1v) is 10.4. The van der Waals surface area contributed by atoms with Gasteiger partial charge in [0, 0.05) is 34.0 Å². The molecule has 0 atom stereocenters. The van der Waals surface area contributed by atoms with E-state index in [1.165, 1.54) is 0 Å². The molecule has 0 saturated carbocycles. The van der Waals surface area contributed by atoms with E-state index in [0.717, 1.165) is 33.4 Å². The molecular weight excluding hydrogens is 412 g/mol. The largest absolute Gasteiger partial charge is 0.496 e. The molecule has 2 heterocycles. The number of nitrogens with zero attached hydrogens (tertiary/aromatic N) is 3. The molecule has 0 aliphatic heterocycles. The van der Waals surface area contributed by atoms with Gasteiger partial charge in [0.2, 0.25) is 5.95 Å². The van der Waals surface area contributed by atoms with E-state index in [-0.39, 0.29) is 5.95 Å². The highest BCUT2D eigenvalue weighted by atomic mass is 16.5. The lowest BCUT2D eigenvalue weighted by molar-refractivity contribution is 0.416. The summed E-state index contributed by atoms with van der Waals surface area (Å²) in [6, 6.07) is 27.2. The maximum Gasteiger partial charge on any atom is 0.222 e. The van der Waals surface area contributed by atoms with Gasteiger partial charge in [0.15, 0.2) is 0 Å². The molecule has 7 nitrogen and oxygen atoms in total. The minimum absolute atomic E-state index is 0.162. The number of ether oxygens (including phenoxy) is 1. The zero-order chi connectivity index (χ0) is 22.8. The summed E-state index contributed by atoms with van der Waals surface area (Å²) in [6.07, 6.45) is 0. The topological polar surface area (TPSA) is 112 Å². The van der Waals surface area contributed by atoms with Crippen molar-refractivity contribution in [1.82, 2.24) is 15.0 Å². The number of aromatic nitrogens is 3. The molecule has 5 rings (SSSR count). The van der Waals surface area contributed by atoms with Crippen molar-refractivity contribution in [2.75, 3.05) is 23.9 Å². The fraction of sp³-hybridized carbons (Fsp3) is 0.0385. The maximum atomic E-state index is 6.39. The molecule has 5 aromatic rings. The molecule has 3 aromatic carbocycles. The van der Waals surface area contributed by atoms with Crippen molar-refractivity contribution in [3.05, 3.63) is 84.9 Å². The van der Waals surface area contributed by atoms with Crippen molar-refractivity contribution in [3.8, 4) is 28.3 Å². The lowest BCUT2D eigenvalue weighted by Gasteiger charge is -2.12. The second-order valence-electron chi connectivity index (χ2n) is 7.52. The van der Waals surface area contributed by atoms with Crippen LogP contribution in [0.15, 0.2) is 84.9 Å². The summed E-state index contributed by atoms with van der Waals surface area (Å²) in [7, 11) is 1.62. The first-order chi connectivity index (χ1) is 16.1. The van der Waals surface area contributed by atoms with E-state index in [1.807, 2.05) is 84.9 Å². The van der Waals surface area contributed by atoms with Crippen LogP contribution in [0.5, 0.6) is 5.75 Å². The minimum atomic E-state index is 0.162. The summed E-state index contributed by atoms with van der Waals surface area (Å²) in [5.41, 5.74) is 18.0. The predicted molar refractivity (Wildman–Crippen MR) is 133 cm³/mol. The highest BCUT2D eigenvalue weighted by Crippen LogP contribution is 2.32. The third-order valence-corrected chi connectivity index (χ3v) is 5.31. The summed E-state index contributed by atoms with van der Waals surface area (Å²) in [4.78, 5) is 13.5. The third kappa shape index (κ3) is 4.12. The molecule has 0 aliphatic rings. The Bertz CT molecular complexity index is 1450. The summed E-state index contributed by atoms with van der Waals surface area (Å²) in [5, 5.41) is 4.16. The second-order valence-corrected chi connectivity index (χ2v) is 7.52. The van der Waals surface area contributed by atoms with E-state index in [1.54, 1.807) is 7.11 Å². The lowest BCUT2D eigenvalue weighted by atomic mass is 10.1. The molecule has 0 fully saturated rings. The molecule has 0 spiro atoms. The van der Waals surface area contributed by atoms with Gasteiger partial charge < -0.3 is 21.5 Å². The van der Waals surface area contributed by atoms with E-state index >= 15 is 0 Å². The summed E-state index contributed by atoms with van der Waals surface area (Å²) < 4.78 is 5.46. The number of nitrogens with two attached hydrogens (primary N) is 2. The number of nitrogen functional groups attached to an aromatic ring is 2. The Labute approximate surface area is 191 Å². The van der Waals surface area contributed by atoms with Crippen LogP contribution in [0.25, 0.3) is 33.4 Å². The van der Waals surface area contributed by atoms with E-state index in [0.29, 0.717) is 22.9 Å². The van der Waals surface area contributed by atoms with Crippen LogP contribution in [-0.2, 0) is 0 Å². The van der Waals surface area contributed by atoms with Crippen LogP contribution in [0.4, 0.5) is 23.1 Å². The van der Waals surface area contributed by atoms with Gasteiger partial charge in [0.1, 0.15) is 11.6 Å². The van der Waals surface area contributed by atoms with Crippen LogP contribution in [-0.4, -0.2) is 22.1 Å². The number of hydrogen-bond acceptors (Lipinski definition) is 7. The molecular formula is C26H22N6O. The Morgan fingerprint density at radius 3 is 2.36 bits per heavy atom. The predicted octanol–water partition coefficient (Wildman–Crippen LogP) is 5.28. The molecule has 0 unspecified atom stereocenters. The molecule has 0 bridgehead atoms. The molecule has 0 saturated heterocycles. The number of anilines is 4. The number of pyridine rings is 1. The number of rotatable bonds is 5. The molecule has 0 aliphatic carbocycles. The minimum Gasteiger partial charge on any atom is -0.496 e. The zero-order valence-corrected chi connectivity index (χ0v) is 18.0. The fourth-order valence-electron chi connectivity index (χ4n) is 3.76. The molecule has 0 amide bonds. The highest BCUT2D eigenvalue weighted by molar-refractivity contribution is 5.95. The first kappa shape index (κ1) is 20.3. The Balaban J connectivity index is 1.49. The van der Waals surface area contributed by atoms with E-state index in [2.05, 4.69) is 15.3 Å². The maximum absolute atomic E-state index is 6.39. The number of benzene rings is 3. The van der Waals surface area contributed by atoms with Gasteiger partial charge in [-0.05, 0) is 36.4 Å². The SMILES string of the molecule is COc1ccccc1-c1cc(Nc2ccc3nc(-c4ccccc4)cc(N)c3c2)nc(N)n1. The molecule has 2 aromatic heterocycles. The average molecular weight is 435 g/mol. The zero-order valence-electron chi connectivity index (χ0n) is 18.0. The van der Waals surface area contributed by atoms with Gasteiger partial charge in [-0.15, -0.1) is 0 Å². The van der Waals surface area contributed by atoms with Crippen LogP contribution in [0.3, 0.4) is 0 Å². The second kappa shape index (κ2) is 8.47. The summed E-state index contributed by atoms with van der Waals surface area (Å²) in [6.45, 7) is 0. The van der Waals surface area contributed by atoms with Crippen molar-refractivity contribution in [2.45, 2.75) is 0 Å². The van der Waals surface area contributed by atoms with Crippen LogP contribution in [0.2, 0.25) is 0 Å². The number of para-hydroxylation sites is 1. The smallest absolute Gasteiger partial charge is 0.222 e.